The third-order valence-corrected chi connectivity index (χ3v) is 2.71. The maximum Gasteiger partial charge on any atom is 0.573 e. The van der Waals surface area contributed by atoms with Crippen LogP contribution in [0.2, 0.25) is 0 Å². The fourth-order valence-corrected chi connectivity index (χ4v) is 1.82. The maximum atomic E-state index is 12.1. The highest BCUT2D eigenvalue weighted by atomic mass is 19.4. The first-order valence-electron chi connectivity index (χ1n) is 6.21. The standard InChI is InChI=1S/C14H12F3NO3/c1-2-12-11(7-8-19)18-13(20-12)9-3-5-10(6-4-9)21-14(15,16)17/h3-6,8H,2,7H2,1H3. The number of hydrogen-bond donors (Lipinski definition) is 0. The predicted molar refractivity (Wildman–Crippen MR) is 67.8 cm³/mol. The Hall–Kier alpha value is -2.31. The molecule has 0 radical (unpaired) electrons. The number of oxazole rings is 1. The summed E-state index contributed by atoms with van der Waals surface area (Å²) in [5, 5.41) is 0. The van der Waals surface area contributed by atoms with Crippen molar-refractivity contribution in [1.82, 2.24) is 4.98 Å². The van der Waals surface area contributed by atoms with Crippen molar-refractivity contribution in [2.24, 2.45) is 0 Å². The van der Waals surface area contributed by atoms with Crippen LogP contribution in [0.1, 0.15) is 18.4 Å². The van der Waals surface area contributed by atoms with Gasteiger partial charge in [-0.3, -0.25) is 0 Å². The van der Waals surface area contributed by atoms with Crippen molar-refractivity contribution in [3.63, 3.8) is 0 Å². The van der Waals surface area contributed by atoms with E-state index in [2.05, 4.69) is 9.72 Å². The van der Waals surface area contributed by atoms with Gasteiger partial charge in [-0.2, -0.15) is 0 Å². The third-order valence-electron chi connectivity index (χ3n) is 2.71. The summed E-state index contributed by atoms with van der Waals surface area (Å²) in [7, 11) is 0. The van der Waals surface area contributed by atoms with Gasteiger partial charge in [0.15, 0.2) is 0 Å². The van der Waals surface area contributed by atoms with Crippen molar-refractivity contribution in [3.05, 3.63) is 35.7 Å². The lowest BCUT2D eigenvalue weighted by molar-refractivity contribution is -0.274. The number of aldehydes is 1. The van der Waals surface area contributed by atoms with Crippen molar-refractivity contribution in [3.8, 4) is 17.2 Å². The van der Waals surface area contributed by atoms with Gasteiger partial charge in [0.25, 0.3) is 0 Å². The smallest absolute Gasteiger partial charge is 0.441 e. The monoisotopic (exact) mass is 299 g/mol. The molecule has 2 rings (SSSR count). The molecule has 1 aromatic heterocycles. The normalized spacial score (nSPS) is 11.4. The molecule has 0 saturated carbocycles. The van der Waals surface area contributed by atoms with E-state index in [9.17, 15) is 18.0 Å². The van der Waals surface area contributed by atoms with Crippen LogP contribution in [0.4, 0.5) is 13.2 Å². The molecule has 0 aliphatic carbocycles. The van der Waals surface area contributed by atoms with E-state index < -0.39 is 6.36 Å². The van der Waals surface area contributed by atoms with Gasteiger partial charge in [-0.05, 0) is 24.3 Å². The Morgan fingerprint density at radius 3 is 2.48 bits per heavy atom. The highest BCUT2D eigenvalue weighted by Crippen LogP contribution is 2.27. The number of halogens is 3. The van der Waals surface area contributed by atoms with Gasteiger partial charge >= 0.3 is 6.36 Å². The minimum Gasteiger partial charge on any atom is -0.441 e. The second-order valence-electron chi connectivity index (χ2n) is 4.19. The minimum atomic E-state index is -4.73. The van der Waals surface area contributed by atoms with E-state index in [4.69, 9.17) is 4.42 Å². The number of aromatic nitrogens is 1. The molecule has 1 aromatic carbocycles. The van der Waals surface area contributed by atoms with Crippen molar-refractivity contribution in [2.45, 2.75) is 26.1 Å². The molecule has 0 amide bonds. The first kappa shape index (κ1) is 15.1. The van der Waals surface area contributed by atoms with Crippen LogP contribution in [0.3, 0.4) is 0 Å². The molecule has 0 unspecified atom stereocenters. The number of benzene rings is 1. The summed E-state index contributed by atoms with van der Waals surface area (Å²) in [6, 6.07) is 5.18. The van der Waals surface area contributed by atoms with Crippen molar-refractivity contribution < 1.29 is 27.1 Å². The average Bonchev–Trinajstić information content (AvgIpc) is 2.81. The number of carbonyl (C=O) groups is 1. The zero-order valence-corrected chi connectivity index (χ0v) is 11.1. The van der Waals surface area contributed by atoms with Crippen LogP contribution < -0.4 is 4.74 Å². The lowest BCUT2D eigenvalue weighted by Gasteiger charge is -2.08. The first-order valence-corrected chi connectivity index (χ1v) is 6.21. The number of nitrogens with zero attached hydrogens (tertiary/aromatic N) is 1. The fraction of sp³-hybridized carbons (Fsp3) is 0.286. The fourth-order valence-electron chi connectivity index (χ4n) is 1.82. The summed E-state index contributed by atoms with van der Waals surface area (Å²) >= 11 is 0. The van der Waals surface area contributed by atoms with E-state index in [1.165, 1.54) is 24.3 Å². The summed E-state index contributed by atoms with van der Waals surface area (Å²) in [6.07, 6.45) is -3.29. The quantitative estimate of drug-likeness (QED) is 0.792. The van der Waals surface area contributed by atoms with E-state index in [1.54, 1.807) is 0 Å². The van der Waals surface area contributed by atoms with Gasteiger partial charge in [0, 0.05) is 18.4 Å². The Morgan fingerprint density at radius 1 is 1.29 bits per heavy atom. The second kappa shape index (κ2) is 5.99. The molecule has 0 fully saturated rings. The van der Waals surface area contributed by atoms with Gasteiger partial charge in [-0.1, -0.05) is 6.92 Å². The Bertz CT molecular complexity index is 617. The van der Waals surface area contributed by atoms with Crippen LogP contribution in [-0.4, -0.2) is 17.6 Å². The molecule has 4 nitrogen and oxygen atoms in total. The van der Waals surface area contributed by atoms with Crippen molar-refractivity contribution in [2.75, 3.05) is 0 Å². The summed E-state index contributed by atoms with van der Waals surface area (Å²) in [5.41, 5.74) is 1.05. The molecule has 0 bridgehead atoms. The van der Waals surface area contributed by atoms with Crippen LogP contribution >= 0.6 is 0 Å². The summed E-state index contributed by atoms with van der Waals surface area (Å²) in [6.45, 7) is 1.86. The highest BCUT2D eigenvalue weighted by molar-refractivity contribution is 5.58. The zero-order valence-electron chi connectivity index (χ0n) is 11.1. The number of ether oxygens (including phenoxy) is 1. The molecule has 0 atom stereocenters. The van der Waals surface area contributed by atoms with Crippen molar-refractivity contribution >= 4 is 6.29 Å². The zero-order chi connectivity index (χ0) is 15.5. The van der Waals surface area contributed by atoms with Crippen LogP contribution in [0.15, 0.2) is 28.7 Å². The van der Waals surface area contributed by atoms with E-state index in [0.29, 0.717) is 23.4 Å². The van der Waals surface area contributed by atoms with Crippen LogP contribution in [0.5, 0.6) is 5.75 Å². The Kier molecular flexibility index (Phi) is 4.30. The molecule has 2 aromatic rings. The summed E-state index contributed by atoms with van der Waals surface area (Å²) in [5.74, 6) is 0.539. The Morgan fingerprint density at radius 2 is 1.95 bits per heavy atom. The molecular weight excluding hydrogens is 287 g/mol. The van der Waals surface area contributed by atoms with Gasteiger partial charge in [-0.25, -0.2) is 4.98 Å². The lowest BCUT2D eigenvalue weighted by atomic mass is 10.2. The van der Waals surface area contributed by atoms with E-state index >= 15 is 0 Å². The summed E-state index contributed by atoms with van der Waals surface area (Å²) in [4.78, 5) is 14.7. The summed E-state index contributed by atoms with van der Waals surface area (Å²) < 4.78 is 45.5. The number of carbonyl (C=O) groups excluding carboxylic acids is 1. The van der Waals surface area contributed by atoms with Crippen LogP contribution in [0.25, 0.3) is 11.5 Å². The van der Waals surface area contributed by atoms with Gasteiger partial charge < -0.3 is 13.9 Å². The molecule has 7 heteroatoms. The van der Waals surface area contributed by atoms with Crippen molar-refractivity contribution in [1.29, 1.82) is 0 Å². The number of hydrogen-bond acceptors (Lipinski definition) is 4. The molecule has 112 valence electrons. The topological polar surface area (TPSA) is 52.3 Å². The second-order valence-corrected chi connectivity index (χ2v) is 4.19. The van der Waals surface area contributed by atoms with E-state index in [0.717, 1.165) is 6.29 Å². The average molecular weight is 299 g/mol. The van der Waals surface area contributed by atoms with Gasteiger partial charge in [0.05, 0.1) is 5.69 Å². The van der Waals surface area contributed by atoms with E-state index in [-0.39, 0.29) is 18.1 Å². The lowest BCUT2D eigenvalue weighted by Crippen LogP contribution is -2.16. The number of aryl methyl sites for hydroxylation is 1. The molecule has 0 aliphatic heterocycles. The molecule has 1 heterocycles. The molecule has 0 spiro atoms. The van der Waals surface area contributed by atoms with Crippen LogP contribution in [-0.2, 0) is 17.6 Å². The molecule has 0 saturated heterocycles. The largest absolute Gasteiger partial charge is 0.573 e. The van der Waals surface area contributed by atoms with Crippen LogP contribution in [0, 0.1) is 0 Å². The maximum absolute atomic E-state index is 12.1. The molecule has 0 aliphatic rings. The van der Waals surface area contributed by atoms with Gasteiger partial charge in [0.1, 0.15) is 17.8 Å². The minimum absolute atomic E-state index is 0.141. The molecule has 21 heavy (non-hydrogen) atoms. The number of alkyl halides is 3. The van der Waals surface area contributed by atoms with E-state index in [1.807, 2.05) is 6.92 Å². The third kappa shape index (κ3) is 3.84. The first-order chi connectivity index (χ1) is 9.93. The predicted octanol–water partition coefficient (Wildman–Crippen LogP) is 3.54. The SMILES string of the molecule is CCc1oc(-c2ccc(OC(F)(F)F)cc2)nc1CC=O. The highest BCUT2D eigenvalue weighted by Gasteiger charge is 2.31. The Labute approximate surface area is 118 Å². The number of rotatable bonds is 5. The Balaban J connectivity index is 2.24. The van der Waals surface area contributed by atoms with Gasteiger partial charge in [0.2, 0.25) is 5.89 Å². The van der Waals surface area contributed by atoms with Gasteiger partial charge in [-0.15, -0.1) is 13.2 Å². The molecule has 0 N–H and O–H groups in total. The molecular formula is C14H12F3NO3.